The number of rotatable bonds is 5. The number of aromatic nitrogens is 2. The van der Waals surface area contributed by atoms with Gasteiger partial charge in [0.15, 0.2) is 4.96 Å². The van der Waals surface area contributed by atoms with E-state index < -0.39 is 11.5 Å². The Hall–Kier alpha value is -3.17. The van der Waals surface area contributed by atoms with Crippen LogP contribution in [0, 0.1) is 0 Å². The number of anilines is 1. The average Bonchev–Trinajstić information content (AvgIpc) is 3.18. The summed E-state index contributed by atoms with van der Waals surface area (Å²) < 4.78 is 13.0. The minimum absolute atomic E-state index is 0.0611. The first-order valence-corrected chi connectivity index (χ1v) is 10.5. The lowest BCUT2D eigenvalue weighted by molar-refractivity contribution is 0.102. The minimum atomic E-state index is -0.533. The molecule has 0 unspecified atom stereocenters. The summed E-state index contributed by atoms with van der Waals surface area (Å²) in [6.07, 6.45) is 1.30. The minimum Gasteiger partial charge on any atom is -0.497 e. The summed E-state index contributed by atoms with van der Waals surface area (Å²) in [4.78, 5) is 30.8. The van der Waals surface area contributed by atoms with Crippen LogP contribution >= 0.6 is 27.3 Å². The first-order chi connectivity index (χ1) is 14.5. The Balaban J connectivity index is 1.82. The molecule has 2 heterocycles. The van der Waals surface area contributed by atoms with Gasteiger partial charge < -0.3 is 14.8 Å². The highest BCUT2D eigenvalue weighted by molar-refractivity contribution is 9.10. The van der Waals surface area contributed by atoms with Crippen LogP contribution in [0.25, 0.3) is 16.2 Å². The SMILES string of the molecule is COc1ccc(OC)c(-c2csc3ncc(C(=O)Nc4cccc(Br)c4)c(=O)n23)c1. The number of benzene rings is 2. The van der Waals surface area contributed by atoms with Crippen LogP contribution in [0.1, 0.15) is 10.4 Å². The van der Waals surface area contributed by atoms with E-state index >= 15 is 0 Å². The molecule has 0 aliphatic heterocycles. The average molecular weight is 486 g/mol. The monoisotopic (exact) mass is 485 g/mol. The van der Waals surface area contributed by atoms with Crippen LogP contribution in [0.4, 0.5) is 5.69 Å². The number of amides is 1. The zero-order chi connectivity index (χ0) is 21.3. The Kier molecular flexibility index (Phi) is 5.56. The standard InChI is InChI=1S/C21H16BrN3O4S/c1-28-14-6-7-18(29-2)15(9-14)17-11-30-21-23-10-16(20(27)25(17)21)19(26)24-13-5-3-4-12(22)8-13/h3-11H,1-2H3,(H,24,26). The van der Waals surface area contributed by atoms with Crippen LogP contribution in [0.3, 0.4) is 0 Å². The normalized spacial score (nSPS) is 10.8. The maximum atomic E-state index is 13.2. The molecular formula is C21H16BrN3O4S. The van der Waals surface area contributed by atoms with Gasteiger partial charge in [0, 0.05) is 27.3 Å². The second-order valence-corrected chi connectivity index (χ2v) is 8.00. The van der Waals surface area contributed by atoms with Gasteiger partial charge in [-0.15, -0.1) is 11.3 Å². The second-order valence-electron chi connectivity index (χ2n) is 6.25. The smallest absolute Gasteiger partial charge is 0.271 e. The fourth-order valence-electron chi connectivity index (χ4n) is 3.02. The number of fused-ring (bicyclic) bond motifs is 1. The van der Waals surface area contributed by atoms with Crippen LogP contribution in [0.5, 0.6) is 11.5 Å². The van der Waals surface area contributed by atoms with Gasteiger partial charge in [-0.1, -0.05) is 22.0 Å². The molecule has 0 radical (unpaired) electrons. The first kappa shape index (κ1) is 20.1. The predicted molar refractivity (Wildman–Crippen MR) is 120 cm³/mol. The molecule has 9 heteroatoms. The van der Waals surface area contributed by atoms with Gasteiger partial charge in [0.05, 0.1) is 19.9 Å². The number of nitrogens with zero attached hydrogens (tertiary/aromatic N) is 2. The third-order valence-electron chi connectivity index (χ3n) is 4.46. The summed E-state index contributed by atoms with van der Waals surface area (Å²) in [5.41, 5.74) is 1.28. The van der Waals surface area contributed by atoms with Crippen molar-refractivity contribution in [3.63, 3.8) is 0 Å². The van der Waals surface area contributed by atoms with Gasteiger partial charge in [0.2, 0.25) is 0 Å². The van der Waals surface area contributed by atoms with Crippen molar-refractivity contribution in [1.82, 2.24) is 9.38 Å². The summed E-state index contributed by atoms with van der Waals surface area (Å²) in [5, 5.41) is 4.54. The molecule has 0 saturated heterocycles. The Labute approximate surface area is 184 Å². The van der Waals surface area contributed by atoms with Gasteiger partial charge in [0.25, 0.3) is 11.5 Å². The van der Waals surface area contributed by atoms with Crippen LogP contribution in [0.15, 0.2) is 63.3 Å². The Morgan fingerprint density at radius 3 is 2.73 bits per heavy atom. The van der Waals surface area contributed by atoms with Crippen LogP contribution < -0.4 is 20.3 Å². The lowest BCUT2D eigenvalue weighted by Crippen LogP contribution is -2.26. The molecule has 4 rings (SSSR count). The summed E-state index contributed by atoms with van der Waals surface area (Å²) >= 11 is 4.66. The zero-order valence-corrected chi connectivity index (χ0v) is 18.4. The number of nitrogens with one attached hydrogen (secondary N) is 1. The third kappa shape index (κ3) is 3.69. The van der Waals surface area contributed by atoms with Crippen molar-refractivity contribution in [3.05, 3.63) is 74.4 Å². The molecule has 1 amide bonds. The molecule has 30 heavy (non-hydrogen) atoms. The number of carbonyl (C=O) groups is 1. The zero-order valence-electron chi connectivity index (χ0n) is 16.0. The number of ether oxygens (including phenoxy) is 2. The number of hydrogen-bond donors (Lipinski definition) is 1. The van der Waals surface area contributed by atoms with Gasteiger partial charge in [-0.2, -0.15) is 0 Å². The molecule has 0 saturated carbocycles. The molecule has 7 nitrogen and oxygen atoms in total. The fourth-order valence-corrected chi connectivity index (χ4v) is 4.26. The van der Waals surface area contributed by atoms with Crippen LogP contribution in [-0.4, -0.2) is 29.5 Å². The predicted octanol–water partition coefficient (Wildman–Crippen LogP) is 4.46. The lowest BCUT2D eigenvalue weighted by Gasteiger charge is -2.11. The van der Waals surface area contributed by atoms with Crippen molar-refractivity contribution in [1.29, 1.82) is 0 Å². The van der Waals surface area contributed by atoms with Crippen molar-refractivity contribution in [3.8, 4) is 22.8 Å². The summed E-state index contributed by atoms with van der Waals surface area (Å²) in [5.74, 6) is 0.663. The number of halogens is 1. The maximum absolute atomic E-state index is 13.2. The molecule has 2 aromatic carbocycles. The molecular weight excluding hydrogens is 470 g/mol. The van der Waals surface area contributed by atoms with Crippen LogP contribution in [0.2, 0.25) is 0 Å². The highest BCUT2D eigenvalue weighted by Crippen LogP contribution is 2.35. The van der Waals surface area contributed by atoms with Crippen molar-refractivity contribution < 1.29 is 14.3 Å². The molecule has 0 bridgehead atoms. The van der Waals surface area contributed by atoms with Crippen molar-refractivity contribution in [2.45, 2.75) is 0 Å². The highest BCUT2D eigenvalue weighted by atomic mass is 79.9. The number of methoxy groups -OCH3 is 2. The molecule has 0 aliphatic rings. The first-order valence-electron chi connectivity index (χ1n) is 8.80. The third-order valence-corrected chi connectivity index (χ3v) is 5.79. The van der Waals surface area contributed by atoms with E-state index in [1.165, 1.54) is 21.9 Å². The van der Waals surface area contributed by atoms with Crippen LogP contribution in [-0.2, 0) is 0 Å². The highest BCUT2D eigenvalue weighted by Gasteiger charge is 2.19. The number of hydrogen-bond acceptors (Lipinski definition) is 6. The van der Waals surface area contributed by atoms with E-state index in [0.29, 0.717) is 33.4 Å². The molecule has 0 spiro atoms. The van der Waals surface area contributed by atoms with Gasteiger partial charge in [0.1, 0.15) is 17.1 Å². The van der Waals surface area contributed by atoms with E-state index in [1.54, 1.807) is 56.0 Å². The second kappa shape index (κ2) is 8.29. The number of thiazole rings is 1. The van der Waals surface area contributed by atoms with E-state index in [1.807, 2.05) is 6.07 Å². The molecule has 0 aliphatic carbocycles. The fraction of sp³-hybridized carbons (Fsp3) is 0.0952. The van der Waals surface area contributed by atoms with E-state index in [-0.39, 0.29) is 5.56 Å². The quantitative estimate of drug-likeness (QED) is 0.451. The summed E-state index contributed by atoms with van der Waals surface area (Å²) in [6, 6.07) is 12.4. The molecule has 0 fully saturated rings. The Bertz CT molecular complexity index is 1320. The van der Waals surface area contributed by atoms with E-state index in [9.17, 15) is 9.59 Å². The van der Waals surface area contributed by atoms with Crippen molar-refractivity contribution >= 4 is 43.8 Å². The van der Waals surface area contributed by atoms with Crippen molar-refractivity contribution in [2.75, 3.05) is 19.5 Å². The van der Waals surface area contributed by atoms with Gasteiger partial charge >= 0.3 is 0 Å². The molecule has 2 aromatic heterocycles. The van der Waals surface area contributed by atoms with Gasteiger partial charge in [-0.3, -0.25) is 14.0 Å². The summed E-state index contributed by atoms with van der Waals surface area (Å²) in [7, 11) is 3.12. The number of carbonyl (C=O) groups excluding carboxylic acids is 1. The molecule has 0 atom stereocenters. The Morgan fingerprint density at radius 2 is 2.00 bits per heavy atom. The topological polar surface area (TPSA) is 81.9 Å². The van der Waals surface area contributed by atoms with Gasteiger partial charge in [-0.05, 0) is 36.4 Å². The van der Waals surface area contributed by atoms with E-state index in [0.717, 1.165) is 4.47 Å². The lowest BCUT2D eigenvalue weighted by atomic mass is 10.1. The molecule has 4 aromatic rings. The van der Waals surface area contributed by atoms with Crippen molar-refractivity contribution in [2.24, 2.45) is 0 Å². The van der Waals surface area contributed by atoms with E-state index in [4.69, 9.17) is 9.47 Å². The molecule has 1 N–H and O–H groups in total. The largest absolute Gasteiger partial charge is 0.497 e. The Morgan fingerprint density at radius 1 is 1.17 bits per heavy atom. The maximum Gasteiger partial charge on any atom is 0.271 e. The molecule has 152 valence electrons. The summed E-state index contributed by atoms with van der Waals surface area (Å²) in [6.45, 7) is 0. The van der Waals surface area contributed by atoms with E-state index in [2.05, 4.69) is 26.2 Å². The van der Waals surface area contributed by atoms with Gasteiger partial charge in [-0.25, -0.2) is 4.98 Å².